The van der Waals surface area contributed by atoms with Crippen molar-refractivity contribution in [3.63, 3.8) is 0 Å². The number of sulfonamides is 1. The van der Waals surface area contributed by atoms with E-state index in [1.54, 1.807) is 0 Å². The minimum atomic E-state index is -3.35. The molecule has 1 aliphatic rings. The highest BCUT2D eigenvalue weighted by molar-refractivity contribution is 7.89. The molecule has 1 heterocycles. The number of nitrogens with one attached hydrogen (secondary N) is 1. The highest BCUT2D eigenvalue weighted by atomic mass is 32.2. The van der Waals surface area contributed by atoms with Crippen LogP contribution in [0.15, 0.2) is 30.3 Å². The molecule has 25 heavy (non-hydrogen) atoms. The third kappa shape index (κ3) is 5.03. The Bertz CT molecular complexity index is 661. The second-order valence-electron chi connectivity index (χ2n) is 6.72. The minimum absolute atomic E-state index is 0.0484. The number of benzene rings is 1. The van der Waals surface area contributed by atoms with E-state index in [-0.39, 0.29) is 17.7 Å². The first-order chi connectivity index (χ1) is 11.9. The van der Waals surface area contributed by atoms with Crippen LogP contribution in [-0.2, 0) is 14.8 Å². The zero-order valence-electron chi connectivity index (χ0n) is 15.3. The van der Waals surface area contributed by atoms with Crippen molar-refractivity contribution < 1.29 is 13.2 Å². The van der Waals surface area contributed by atoms with Crippen LogP contribution in [0, 0.1) is 0 Å². The minimum Gasteiger partial charge on any atom is -0.353 e. The van der Waals surface area contributed by atoms with Crippen molar-refractivity contribution in [2.75, 3.05) is 32.9 Å². The van der Waals surface area contributed by atoms with Gasteiger partial charge < -0.3 is 10.2 Å². The molecular weight excluding hydrogens is 338 g/mol. The van der Waals surface area contributed by atoms with Crippen molar-refractivity contribution in [3.05, 3.63) is 35.9 Å². The van der Waals surface area contributed by atoms with E-state index in [1.807, 2.05) is 51.4 Å². The van der Waals surface area contributed by atoms with Gasteiger partial charge in [0.2, 0.25) is 15.9 Å². The van der Waals surface area contributed by atoms with Gasteiger partial charge in [0.25, 0.3) is 0 Å². The SMILES string of the molecule is CCCS(=O)(=O)N1CCCC1C(=O)NCC(c1ccccc1)N(C)C. The lowest BCUT2D eigenvalue weighted by molar-refractivity contribution is -0.124. The van der Waals surface area contributed by atoms with Crippen molar-refractivity contribution in [1.82, 2.24) is 14.5 Å². The quantitative estimate of drug-likeness (QED) is 0.758. The lowest BCUT2D eigenvalue weighted by Gasteiger charge is -2.27. The first-order valence-electron chi connectivity index (χ1n) is 8.85. The summed E-state index contributed by atoms with van der Waals surface area (Å²) in [5, 5.41) is 2.96. The van der Waals surface area contributed by atoms with Gasteiger partial charge in [-0.05, 0) is 38.9 Å². The average Bonchev–Trinajstić information content (AvgIpc) is 3.06. The van der Waals surface area contributed by atoms with Crippen molar-refractivity contribution in [3.8, 4) is 0 Å². The summed E-state index contributed by atoms with van der Waals surface area (Å²) in [4.78, 5) is 14.7. The maximum atomic E-state index is 12.6. The normalized spacial score (nSPS) is 19.9. The van der Waals surface area contributed by atoms with Crippen LogP contribution in [0.25, 0.3) is 0 Å². The topological polar surface area (TPSA) is 69.7 Å². The summed E-state index contributed by atoms with van der Waals surface area (Å²) in [6, 6.07) is 9.45. The van der Waals surface area contributed by atoms with Gasteiger partial charge in [0.1, 0.15) is 6.04 Å². The van der Waals surface area contributed by atoms with Gasteiger partial charge in [0.05, 0.1) is 11.8 Å². The van der Waals surface area contributed by atoms with Gasteiger partial charge in [-0.15, -0.1) is 0 Å². The fourth-order valence-electron chi connectivity index (χ4n) is 3.30. The average molecular weight is 368 g/mol. The maximum Gasteiger partial charge on any atom is 0.238 e. The summed E-state index contributed by atoms with van der Waals surface area (Å²) >= 11 is 0. The fraction of sp³-hybridized carbons (Fsp3) is 0.611. The van der Waals surface area contributed by atoms with Crippen LogP contribution in [0.1, 0.15) is 37.8 Å². The Kier molecular flexibility index (Phi) is 6.98. The van der Waals surface area contributed by atoms with Crippen molar-refractivity contribution in [2.24, 2.45) is 0 Å². The smallest absolute Gasteiger partial charge is 0.238 e. The molecule has 0 aliphatic carbocycles. The zero-order valence-corrected chi connectivity index (χ0v) is 16.1. The number of rotatable bonds is 8. The predicted molar refractivity (Wildman–Crippen MR) is 99.7 cm³/mol. The van der Waals surface area contributed by atoms with E-state index < -0.39 is 16.1 Å². The summed E-state index contributed by atoms with van der Waals surface area (Å²) in [5.74, 6) is -0.0962. The van der Waals surface area contributed by atoms with Crippen LogP contribution < -0.4 is 5.32 Å². The molecular formula is C18H29N3O3S. The van der Waals surface area contributed by atoms with Crippen LogP contribution >= 0.6 is 0 Å². The molecule has 0 radical (unpaired) electrons. The van der Waals surface area contributed by atoms with Gasteiger partial charge in [-0.3, -0.25) is 4.79 Å². The number of nitrogens with zero attached hydrogens (tertiary/aromatic N) is 2. The molecule has 2 rings (SSSR count). The van der Waals surface area contributed by atoms with E-state index in [1.165, 1.54) is 4.31 Å². The molecule has 2 atom stereocenters. The first-order valence-corrected chi connectivity index (χ1v) is 10.5. The van der Waals surface area contributed by atoms with Crippen LogP contribution in [0.4, 0.5) is 0 Å². The van der Waals surface area contributed by atoms with Crippen LogP contribution in [0.5, 0.6) is 0 Å². The Morgan fingerprint density at radius 3 is 2.60 bits per heavy atom. The van der Waals surface area contributed by atoms with E-state index in [4.69, 9.17) is 0 Å². The van der Waals surface area contributed by atoms with Gasteiger partial charge >= 0.3 is 0 Å². The molecule has 7 heteroatoms. The summed E-state index contributed by atoms with van der Waals surface area (Å²) in [6.07, 6.45) is 1.88. The number of likely N-dealkylation sites (N-methyl/N-ethyl adjacent to an activating group) is 1. The molecule has 0 aromatic heterocycles. The zero-order chi connectivity index (χ0) is 18.4. The number of amides is 1. The fourth-order valence-corrected chi connectivity index (χ4v) is 5.05. The van der Waals surface area contributed by atoms with E-state index in [0.29, 0.717) is 25.9 Å². The highest BCUT2D eigenvalue weighted by Crippen LogP contribution is 2.23. The van der Waals surface area contributed by atoms with Crippen molar-refractivity contribution in [1.29, 1.82) is 0 Å². The third-order valence-corrected chi connectivity index (χ3v) is 6.68. The standard InChI is InChI=1S/C18H29N3O3S/c1-4-13-25(23,24)21-12-8-11-16(21)18(22)19-14-17(20(2)3)15-9-6-5-7-10-15/h5-7,9-10,16-17H,4,8,11-14H2,1-3H3,(H,19,22). The molecule has 1 aromatic rings. The second-order valence-corrected chi connectivity index (χ2v) is 8.76. The first kappa shape index (κ1) is 19.9. The van der Waals surface area contributed by atoms with E-state index in [2.05, 4.69) is 10.2 Å². The monoisotopic (exact) mass is 367 g/mol. The predicted octanol–water partition coefficient (Wildman–Crippen LogP) is 1.61. The molecule has 1 amide bonds. The number of hydrogen-bond acceptors (Lipinski definition) is 4. The van der Waals surface area contributed by atoms with E-state index >= 15 is 0 Å². The molecule has 6 nitrogen and oxygen atoms in total. The molecule has 1 saturated heterocycles. The Balaban J connectivity index is 2.03. The molecule has 0 bridgehead atoms. The molecule has 0 spiro atoms. The van der Waals surface area contributed by atoms with Crippen LogP contribution in [0.2, 0.25) is 0 Å². The number of carbonyl (C=O) groups is 1. The Hall–Kier alpha value is -1.44. The van der Waals surface area contributed by atoms with Gasteiger partial charge in [0.15, 0.2) is 0 Å². The molecule has 1 fully saturated rings. The molecule has 1 aliphatic heterocycles. The second kappa shape index (κ2) is 8.78. The summed E-state index contributed by atoms with van der Waals surface area (Å²) in [5.41, 5.74) is 1.12. The van der Waals surface area contributed by atoms with Gasteiger partial charge in [0, 0.05) is 13.1 Å². The molecule has 1 N–H and O–H groups in total. The summed E-state index contributed by atoms with van der Waals surface area (Å²) in [6.45, 7) is 2.73. The molecule has 0 saturated carbocycles. The van der Waals surface area contributed by atoms with Crippen molar-refractivity contribution >= 4 is 15.9 Å². The number of hydrogen-bond donors (Lipinski definition) is 1. The van der Waals surface area contributed by atoms with Crippen LogP contribution in [-0.4, -0.2) is 62.5 Å². The lowest BCUT2D eigenvalue weighted by Crippen LogP contribution is -2.48. The maximum absolute atomic E-state index is 12.6. The summed E-state index contributed by atoms with van der Waals surface area (Å²) in [7, 11) is 0.590. The molecule has 140 valence electrons. The Morgan fingerprint density at radius 2 is 2.00 bits per heavy atom. The van der Waals surface area contributed by atoms with Gasteiger partial charge in [-0.2, -0.15) is 4.31 Å². The molecule has 2 unspecified atom stereocenters. The Labute approximate surface area is 151 Å². The van der Waals surface area contributed by atoms with Gasteiger partial charge in [-0.25, -0.2) is 8.42 Å². The third-order valence-electron chi connectivity index (χ3n) is 4.60. The van der Waals surface area contributed by atoms with E-state index in [0.717, 1.165) is 12.0 Å². The van der Waals surface area contributed by atoms with E-state index in [9.17, 15) is 13.2 Å². The highest BCUT2D eigenvalue weighted by Gasteiger charge is 2.38. The largest absolute Gasteiger partial charge is 0.353 e. The molecule has 1 aromatic carbocycles. The summed E-state index contributed by atoms with van der Waals surface area (Å²) < 4.78 is 26.1. The lowest BCUT2D eigenvalue weighted by atomic mass is 10.1. The number of carbonyl (C=O) groups excluding carboxylic acids is 1. The Morgan fingerprint density at radius 1 is 1.32 bits per heavy atom. The van der Waals surface area contributed by atoms with Crippen molar-refractivity contribution in [2.45, 2.75) is 38.3 Å². The van der Waals surface area contributed by atoms with Crippen LogP contribution in [0.3, 0.4) is 0 Å². The van der Waals surface area contributed by atoms with Gasteiger partial charge in [-0.1, -0.05) is 37.3 Å².